The summed E-state index contributed by atoms with van der Waals surface area (Å²) in [6.07, 6.45) is 1.50. The number of aromatic nitrogens is 2. The van der Waals surface area contributed by atoms with Crippen LogP contribution in [0.25, 0.3) is 0 Å². The molecular weight excluding hydrogens is 224 g/mol. The second kappa shape index (κ2) is 4.28. The zero-order valence-electron chi connectivity index (χ0n) is 8.60. The van der Waals surface area contributed by atoms with Crippen LogP contribution >= 0.6 is 11.3 Å². The third kappa shape index (κ3) is 2.17. The van der Waals surface area contributed by atoms with Gasteiger partial charge < -0.3 is 11.1 Å². The van der Waals surface area contributed by atoms with Gasteiger partial charge in [0, 0.05) is 0 Å². The van der Waals surface area contributed by atoms with Crippen molar-refractivity contribution in [2.24, 2.45) is 0 Å². The molecule has 0 fully saturated rings. The van der Waals surface area contributed by atoms with Crippen LogP contribution in [0.1, 0.15) is 15.4 Å². The Morgan fingerprint density at radius 1 is 1.44 bits per heavy atom. The maximum Gasteiger partial charge on any atom is 0.268 e. The summed E-state index contributed by atoms with van der Waals surface area (Å²) in [6.45, 7) is 1.79. The number of carbonyl (C=O) groups excluding carboxylic acids is 1. The van der Waals surface area contributed by atoms with Crippen molar-refractivity contribution in [3.63, 3.8) is 0 Å². The van der Waals surface area contributed by atoms with E-state index in [1.807, 2.05) is 0 Å². The molecule has 0 radical (unpaired) electrons. The van der Waals surface area contributed by atoms with Crippen molar-refractivity contribution in [3.8, 4) is 0 Å². The average Bonchev–Trinajstić information content (AvgIpc) is 2.68. The van der Waals surface area contributed by atoms with Crippen LogP contribution in [0.4, 0.5) is 11.5 Å². The van der Waals surface area contributed by atoms with Gasteiger partial charge in [-0.2, -0.15) is 0 Å². The fourth-order valence-corrected chi connectivity index (χ4v) is 1.87. The summed E-state index contributed by atoms with van der Waals surface area (Å²) in [6, 6.07) is 3.34. The third-order valence-electron chi connectivity index (χ3n) is 1.98. The molecule has 1 amide bonds. The van der Waals surface area contributed by atoms with Crippen molar-refractivity contribution in [2.45, 2.75) is 6.92 Å². The maximum absolute atomic E-state index is 11.8. The van der Waals surface area contributed by atoms with Crippen LogP contribution in [0.3, 0.4) is 0 Å². The number of hydrogen-bond donors (Lipinski definition) is 2. The fourth-order valence-electron chi connectivity index (χ4n) is 1.17. The van der Waals surface area contributed by atoms with Gasteiger partial charge in [0.1, 0.15) is 10.7 Å². The standard InChI is InChI=1S/C10H10N4OS/c1-6-9(16-5-13-6)10(15)14-8-3-2-7(11)4-12-8/h2-5H,11H2,1H3,(H,12,14,15). The first-order chi connectivity index (χ1) is 7.66. The predicted molar refractivity (Wildman–Crippen MR) is 63.5 cm³/mol. The molecule has 0 aliphatic carbocycles. The number of pyridine rings is 1. The second-order valence-corrected chi connectivity index (χ2v) is 4.05. The Labute approximate surface area is 96.3 Å². The van der Waals surface area contributed by atoms with Crippen molar-refractivity contribution in [1.29, 1.82) is 0 Å². The van der Waals surface area contributed by atoms with E-state index in [9.17, 15) is 4.79 Å². The molecule has 3 N–H and O–H groups in total. The third-order valence-corrected chi connectivity index (χ3v) is 2.91. The first-order valence-corrected chi connectivity index (χ1v) is 5.48. The minimum Gasteiger partial charge on any atom is -0.397 e. The molecule has 0 spiro atoms. The first-order valence-electron chi connectivity index (χ1n) is 4.60. The molecule has 16 heavy (non-hydrogen) atoms. The lowest BCUT2D eigenvalue weighted by molar-refractivity contribution is 0.102. The van der Waals surface area contributed by atoms with Gasteiger partial charge in [-0.1, -0.05) is 0 Å². The number of nitrogens with zero attached hydrogens (tertiary/aromatic N) is 2. The Kier molecular flexibility index (Phi) is 2.82. The zero-order valence-corrected chi connectivity index (χ0v) is 9.41. The monoisotopic (exact) mass is 234 g/mol. The zero-order chi connectivity index (χ0) is 11.5. The number of hydrogen-bond acceptors (Lipinski definition) is 5. The Morgan fingerprint density at radius 3 is 2.81 bits per heavy atom. The van der Waals surface area contributed by atoms with Crippen LogP contribution in [0.5, 0.6) is 0 Å². The molecule has 2 rings (SSSR count). The molecule has 0 aliphatic rings. The number of nitrogen functional groups attached to an aromatic ring is 1. The largest absolute Gasteiger partial charge is 0.397 e. The predicted octanol–water partition coefficient (Wildman–Crippen LogP) is 1.68. The van der Waals surface area contributed by atoms with Crippen molar-refractivity contribution in [2.75, 3.05) is 11.1 Å². The van der Waals surface area contributed by atoms with Gasteiger partial charge in [-0.3, -0.25) is 4.79 Å². The van der Waals surface area contributed by atoms with E-state index < -0.39 is 0 Å². The molecule has 5 nitrogen and oxygen atoms in total. The quantitative estimate of drug-likeness (QED) is 0.828. The van der Waals surface area contributed by atoms with Crippen LogP contribution in [0, 0.1) is 6.92 Å². The molecule has 2 aromatic heterocycles. The summed E-state index contributed by atoms with van der Waals surface area (Å²) in [5, 5.41) is 2.68. The minimum absolute atomic E-state index is 0.197. The molecule has 82 valence electrons. The van der Waals surface area contributed by atoms with Crippen LogP contribution in [-0.2, 0) is 0 Å². The van der Waals surface area contributed by atoms with E-state index in [1.165, 1.54) is 17.5 Å². The highest BCUT2D eigenvalue weighted by atomic mass is 32.1. The van der Waals surface area contributed by atoms with Gasteiger partial charge in [0.2, 0.25) is 0 Å². The second-order valence-electron chi connectivity index (χ2n) is 3.20. The molecule has 0 atom stereocenters. The van der Waals surface area contributed by atoms with E-state index in [2.05, 4.69) is 15.3 Å². The summed E-state index contributed by atoms with van der Waals surface area (Å²) in [7, 11) is 0. The smallest absolute Gasteiger partial charge is 0.268 e. The van der Waals surface area contributed by atoms with Gasteiger partial charge in [-0.25, -0.2) is 9.97 Å². The van der Waals surface area contributed by atoms with Crippen molar-refractivity contribution >= 4 is 28.7 Å². The Bertz CT molecular complexity index is 506. The summed E-state index contributed by atoms with van der Waals surface area (Å²) in [5.41, 5.74) is 8.41. The highest BCUT2D eigenvalue weighted by molar-refractivity contribution is 7.12. The molecule has 0 saturated heterocycles. The van der Waals surface area contributed by atoms with Crippen LogP contribution in [0.2, 0.25) is 0 Å². The van der Waals surface area contributed by atoms with E-state index in [0.717, 1.165) is 5.69 Å². The van der Waals surface area contributed by atoms with Crippen LogP contribution in [-0.4, -0.2) is 15.9 Å². The number of amides is 1. The number of thiazole rings is 1. The van der Waals surface area contributed by atoms with E-state index in [0.29, 0.717) is 16.4 Å². The van der Waals surface area contributed by atoms with E-state index in [-0.39, 0.29) is 5.91 Å². The normalized spacial score (nSPS) is 10.1. The lowest BCUT2D eigenvalue weighted by Gasteiger charge is -2.02. The minimum atomic E-state index is -0.197. The van der Waals surface area contributed by atoms with Gasteiger partial charge in [-0.15, -0.1) is 11.3 Å². The summed E-state index contributed by atoms with van der Waals surface area (Å²) >= 11 is 1.30. The SMILES string of the molecule is Cc1ncsc1C(=O)Nc1ccc(N)cn1. The van der Waals surface area contributed by atoms with Gasteiger partial charge in [-0.05, 0) is 19.1 Å². The summed E-state index contributed by atoms with van der Waals surface area (Å²) in [4.78, 5) is 20.4. The molecule has 0 saturated carbocycles. The lowest BCUT2D eigenvalue weighted by atomic mass is 10.3. The number of nitrogens with one attached hydrogen (secondary N) is 1. The molecule has 6 heteroatoms. The number of carbonyl (C=O) groups is 1. The number of nitrogens with two attached hydrogens (primary N) is 1. The molecular formula is C10H10N4OS. The lowest BCUT2D eigenvalue weighted by Crippen LogP contribution is -2.12. The number of aryl methyl sites for hydroxylation is 1. The Morgan fingerprint density at radius 2 is 2.25 bits per heavy atom. The van der Waals surface area contributed by atoms with Crippen molar-refractivity contribution in [1.82, 2.24) is 9.97 Å². The van der Waals surface area contributed by atoms with Gasteiger partial charge in [0.05, 0.1) is 23.1 Å². The number of anilines is 2. The van der Waals surface area contributed by atoms with Gasteiger partial charge in [0.15, 0.2) is 0 Å². The van der Waals surface area contributed by atoms with Gasteiger partial charge >= 0.3 is 0 Å². The molecule has 0 aromatic carbocycles. The fraction of sp³-hybridized carbons (Fsp3) is 0.100. The molecule has 0 aliphatic heterocycles. The van der Waals surface area contributed by atoms with E-state index >= 15 is 0 Å². The molecule has 2 heterocycles. The highest BCUT2D eigenvalue weighted by Crippen LogP contribution is 2.14. The van der Waals surface area contributed by atoms with Gasteiger partial charge in [0.25, 0.3) is 5.91 Å². The Balaban J connectivity index is 2.14. The highest BCUT2D eigenvalue weighted by Gasteiger charge is 2.11. The number of rotatable bonds is 2. The average molecular weight is 234 g/mol. The van der Waals surface area contributed by atoms with E-state index in [4.69, 9.17) is 5.73 Å². The molecule has 0 unspecified atom stereocenters. The molecule has 0 bridgehead atoms. The van der Waals surface area contributed by atoms with Crippen molar-refractivity contribution in [3.05, 3.63) is 34.4 Å². The summed E-state index contributed by atoms with van der Waals surface area (Å²) in [5.74, 6) is 0.282. The first kappa shape index (κ1) is 10.6. The van der Waals surface area contributed by atoms with Crippen molar-refractivity contribution < 1.29 is 4.79 Å². The van der Waals surface area contributed by atoms with Crippen LogP contribution < -0.4 is 11.1 Å². The maximum atomic E-state index is 11.8. The molecule has 2 aromatic rings. The summed E-state index contributed by atoms with van der Waals surface area (Å²) < 4.78 is 0. The van der Waals surface area contributed by atoms with Crippen LogP contribution in [0.15, 0.2) is 23.8 Å². The Hall–Kier alpha value is -1.95. The topological polar surface area (TPSA) is 80.9 Å². The van der Waals surface area contributed by atoms with E-state index in [1.54, 1.807) is 24.6 Å².